The molecule has 0 amide bonds. The van der Waals surface area contributed by atoms with Gasteiger partial charge >= 0.3 is 6.18 Å². The Morgan fingerprint density at radius 3 is 2.73 bits per heavy atom. The molecule has 1 aliphatic rings. The number of hydrogen-bond acceptors (Lipinski definition) is 4. The lowest BCUT2D eigenvalue weighted by Crippen LogP contribution is -2.44. The predicted octanol–water partition coefficient (Wildman–Crippen LogP) is 3.33. The van der Waals surface area contributed by atoms with Gasteiger partial charge in [-0.05, 0) is 45.5 Å². The van der Waals surface area contributed by atoms with Gasteiger partial charge in [0.05, 0.1) is 19.3 Å². The molecule has 6 nitrogen and oxygen atoms in total. The quantitative estimate of drug-likeness (QED) is 0.217. The van der Waals surface area contributed by atoms with Crippen LogP contribution < -0.4 is 20.3 Å². The SMILES string of the molecule is CCNC(=NCCCN(C)CC(F)(F)F)NC1CCN(c2ccccc2OC)C1.I. The standard InChI is InChI=1S/C20H32F3N5O.HI/c1-4-24-19(25-11-7-12-27(2)15-20(21,22)23)26-16-10-13-28(14-16)17-8-5-6-9-18(17)29-3;/h5-6,8-9,16H,4,7,10-15H2,1-3H3,(H2,24,25,26);1H. The Kier molecular flexibility index (Phi) is 11.6. The van der Waals surface area contributed by atoms with Crippen LogP contribution in [-0.4, -0.2) is 76.5 Å². The fourth-order valence-electron chi connectivity index (χ4n) is 3.42. The highest BCUT2D eigenvalue weighted by Crippen LogP contribution is 2.30. The number of methoxy groups -OCH3 is 1. The first-order valence-electron chi connectivity index (χ1n) is 10.0. The van der Waals surface area contributed by atoms with Crippen LogP contribution in [0.25, 0.3) is 0 Å². The Morgan fingerprint density at radius 1 is 1.33 bits per heavy atom. The van der Waals surface area contributed by atoms with Crippen LogP contribution in [0.5, 0.6) is 5.75 Å². The van der Waals surface area contributed by atoms with Crippen molar-refractivity contribution in [1.82, 2.24) is 15.5 Å². The van der Waals surface area contributed by atoms with Gasteiger partial charge in [0.1, 0.15) is 5.75 Å². The molecule has 1 aromatic carbocycles. The van der Waals surface area contributed by atoms with Crippen molar-refractivity contribution >= 4 is 35.6 Å². The van der Waals surface area contributed by atoms with Crippen molar-refractivity contribution in [2.24, 2.45) is 4.99 Å². The summed E-state index contributed by atoms with van der Waals surface area (Å²) in [6.45, 7) is 4.40. The van der Waals surface area contributed by atoms with Crippen molar-refractivity contribution in [2.45, 2.75) is 32.0 Å². The van der Waals surface area contributed by atoms with Gasteiger partial charge in [-0.15, -0.1) is 24.0 Å². The molecule has 30 heavy (non-hydrogen) atoms. The summed E-state index contributed by atoms with van der Waals surface area (Å²) in [5, 5.41) is 6.66. The number of alkyl halides is 3. The van der Waals surface area contributed by atoms with Crippen LogP contribution in [0.4, 0.5) is 18.9 Å². The van der Waals surface area contributed by atoms with E-state index >= 15 is 0 Å². The molecule has 1 heterocycles. The first kappa shape index (κ1) is 26.6. The Balaban J connectivity index is 0.00000450. The topological polar surface area (TPSA) is 52.1 Å². The summed E-state index contributed by atoms with van der Waals surface area (Å²) in [6.07, 6.45) is -2.62. The molecular formula is C20H33F3IN5O. The van der Waals surface area contributed by atoms with E-state index in [0.717, 1.165) is 37.5 Å². The molecule has 1 aliphatic heterocycles. The molecule has 2 N–H and O–H groups in total. The average Bonchev–Trinajstić information content (AvgIpc) is 3.12. The van der Waals surface area contributed by atoms with Crippen LogP contribution in [-0.2, 0) is 0 Å². The maximum absolute atomic E-state index is 12.4. The molecule has 1 unspecified atom stereocenters. The maximum Gasteiger partial charge on any atom is 0.401 e. The smallest absolute Gasteiger partial charge is 0.401 e. The number of anilines is 1. The van der Waals surface area contributed by atoms with Gasteiger partial charge in [-0.1, -0.05) is 12.1 Å². The number of nitrogens with zero attached hydrogens (tertiary/aromatic N) is 3. The highest BCUT2D eigenvalue weighted by Gasteiger charge is 2.29. The summed E-state index contributed by atoms with van der Waals surface area (Å²) in [7, 11) is 3.15. The summed E-state index contributed by atoms with van der Waals surface area (Å²) >= 11 is 0. The third-order valence-corrected chi connectivity index (χ3v) is 4.72. The van der Waals surface area contributed by atoms with Gasteiger partial charge in [-0.25, -0.2) is 0 Å². The van der Waals surface area contributed by atoms with Crippen LogP contribution >= 0.6 is 24.0 Å². The van der Waals surface area contributed by atoms with E-state index in [-0.39, 0.29) is 30.0 Å². The lowest BCUT2D eigenvalue weighted by Gasteiger charge is -2.22. The van der Waals surface area contributed by atoms with E-state index in [0.29, 0.717) is 25.5 Å². The van der Waals surface area contributed by atoms with Crippen molar-refractivity contribution in [2.75, 3.05) is 58.3 Å². The summed E-state index contributed by atoms with van der Waals surface area (Å²) in [4.78, 5) is 8.08. The minimum absolute atomic E-state index is 0. The Hall–Kier alpha value is -1.43. The van der Waals surface area contributed by atoms with Gasteiger partial charge in [0.2, 0.25) is 0 Å². The monoisotopic (exact) mass is 543 g/mol. The number of guanidine groups is 1. The lowest BCUT2D eigenvalue weighted by molar-refractivity contribution is -0.143. The highest BCUT2D eigenvalue weighted by atomic mass is 127. The van der Waals surface area contributed by atoms with Gasteiger partial charge in [0.25, 0.3) is 0 Å². The second-order valence-corrected chi connectivity index (χ2v) is 7.21. The van der Waals surface area contributed by atoms with Crippen LogP contribution in [0.1, 0.15) is 19.8 Å². The first-order valence-corrected chi connectivity index (χ1v) is 10.0. The van der Waals surface area contributed by atoms with Crippen LogP contribution in [0, 0.1) is 0 Å². The normalized spacial score (nSPS) is 17.1. The molecule has 0 radical (unpaired) electrons. The molecule has 0 bridgehead atoms. The summed E-state index contributed by atoms with van der Waals surface area (Å²) in [6, 6.07) is 8.21. The molecule has 0 aliphatic carbocycles. The molecule has 1 saturated heterocycles. The van der Waals surface area contributed by atoms with Crippen molar-refractivity contribution < 1.29 is 17.9 Å². The van der Waals surface area contributed by atoms with Gasteiger partial charge in [-0.2, -0.15) is 13.2 Å². The lowest BCUT2D eigenvalue weighted by atomic mass is 10.2. The molecule has 1 aromatic rings. The zero-order valence-electron chi connectivity index (χ0n) is 17.8. The van der Waals surface area contributed by atoms with Crippen LogP contribution in [0.3, 0.4) is 0 Å². The number of benzene rings is 1. The molecular weight excluding hydrogens is 510 g/mol. The number of nitrogens with one attached hydrogen (secondary N) is 2. The molecule has 0 saturated carbocycles. The van der Waals surface area contributed by atoms with E-state index in [1.807, 2.05) is 25.1 Å². The second kappa shape index (κ2) is 13.1. The van der Waals surface area contributed by atoms with Gasteiger partial charge in [0, 0.05) is 32.2 Å². The van der Waals surface area contributed by atoms with Gasteiger partial charge < -0.3 is 20.3 Å². The largest absolute Gasteiger partial charge is 0.495 e. The first-order chi connectivity index (χ1) is 13.8. The van der Waals surface area contributed by atoms with E-state index in [2.05, 4.69) is 26.6 Å². The number of ether oxygens (including phenoxy) is 1. The third-order valence-electron chi connectivity index (χ3n) is 4.72. The number of rotatable bonds is 9. The fourth-order valence-corrected chi connectivity index (χ4v) is 3.42. The second-order valence-electron chi connectivity index (χ2n) is 7.21. The van der Waals surface area contributed by atoms with E-state index in [4.69, 9.17) is 4.74 Å². The van der Waals surface area contributed by atoms with E-state index in [1.54, 1.807) is 7.11 Å². The average molecular weight is 543 g/mol. The van der Waals surface area contributed by atoms with Crippen molar-refractivity contribution in [3.8, 4) is 5.75 Å². The highest BCUT2D eigenvalue weighted by molar-refractivity contribution is 14.0. The minimum Gasteiger partial charge on any atom is -0.495 e. The van der Waals surface area contributed by atoms with E-state index in [1.165, 1.54) is 11.9 Å². The molecule has 2 rings (SSSR count). The zero-order valence-corrected chi connectivity index (χ0v) is 20.2. The molecule has 0 spiro atoms. The van der Waals surface area contributed by atoms with Crippen molar-refractivity contribution in [3.05, 3.63) is 24.3 Å². The molecule has 1 atom stereocenters. The van der Waals surface area contributed by atoms with E-state index < -0.39 is 12.7 Å². The van der Waals surface area contributed by atoms with Crippen molar-refractivity contribution in [3.63, 3.8) is 0 Å². The fraction of sp³-hybridized carbons (Fsp3) is 0.650. The Bertz CT molecular complexity index is 660. The number of halogens is 4. The number of para-hydroxylation sites is 2. The molecule has 1 fully saturated rings. The molecule has 172 valence electrons. The zero-order chi connectivity index (χ0) is 21.3. The summed E-state index contributed by atoms with van der Waals surface area (Å²) in [5.41, 5.74) is 1.08. The molecule has 0 aromatic heterocycles. The minimum atomic E-state index is -4.16. The Labute approximate surface area is 194 Å². The van der Waals surface area contributed by atoms with Crippen LogP contribution in [0.15, 0.2) is 29.3 Å². The van der Waals surface area contributed by atoms with Crippen LogP contribution in [0.2, 0.25) is 0 Å². The summed E-state index contributed by atoms with van der Waals surface area (Å²) < 4.78 is 42.6. The third kappa shape index (κ3) is 9.15. The number of aliphatic imine (C=N–C) groups is 1. The van der Waals surface area contributed by atoms with E-state index in [9.17, 15) is 13.2 Å². The van der Waals surface area contributed by atoms with Gasteiger partial charge in [0.15, 0.2) is 5.96 Å². The van der Waals surface area contributed by atoms with Gasteiger partial charge in [-0.3, -0.25) is 9.89 Å². The Morgan fingerprint density at radius 2 is 2.07 bits per heavy atom. The number of hydrogen-bond donors (Lipinski definition) is 2. The van der Waals surface area contributed by atoms with Crippen molar-refractivity contribution in [1.29, 1.82) is 0 Å². The molecule has 10 heteroatoms. The summed E-state index contributed by atoms with van der Waals surface area (Å²) in [5.74, 6) is 1.56. The predicted molar refractivity (Wildman–Crippen MR) is 126 cm³/mol. The maximum atomic E-state index is 12.4.